The molecular formula is C34H19ClN2S2. The molecule has 0 spiro atoms. The van der Waals surface area contributed by atoms with Crippen molar-refractivity contribution < 1.29 is 0 Å². The van der Waals surface area contributed by atoms with Crippen molar-refractivity contribution in [3.05, 3.63) is 120 Å². The van der Waals surface area contributed by atoms with Crippen LogP contribution in [0.3, 0.4) is 0 Å². The molecule has 0 saturated heterocycles. The largest absolute Gasteiger partial charge is 0.226 e. The topological polar surface area (TPSA) is 25.8 Å². The van der Waals surface area contributed by atoms with Gasteiger partial charge in [0.25, 0.3) is 0 Å². The van der Waals surface area contributed by atoms with Crippen LogP contribution in [-0.4, -0.2) is 9.97 Å². The maximum atomic E-state index is 6.96. The van der Waals surface area contributed by atoms with Crippen LogP contribution in [0.15, 0.2) is 115 Å². The molecular weight excluding hydrogens is 536 g/mol. The third-order valence-corrected chi connectivity index (χ3v) is 9.81. The molecule has 3 heterocycles. The van der Waals surface area contributed by atoms with Gasteiger partial charge in [0.15, 0.2) is 5.82 Å². The van der Waals surface area contributed by atoms with Crippen molar-refractivity contribution in [1.82, 2.24) is 9.97 Å². The Morgan fingerprint density at radius 2 is 1.21 bits per heavy atom. The molecule has 8 rings (SSSR count). The molecule has 0 saturated carbocycles. The lowest BCUT2D eigenvalue weighted by Gasteiger charge is -2.10. The van der Waals surface area contributed by atoms with E-state index < -0.39 is 0 Å². The van der Waals surface area contributed by atoms with Crippen molar-refractivity contribution in [2.45, 2.75) is 0 Å². The van der Waals surface area contributed by atoms with E-state index in [9.17, 15) is 0 Å². The van der Waals surface area contributed by atoms with E-state index in [2.05, 4.69) is 103 Å². The van der Waals surface area contributed by atoms with Gasteiger partial charge in [0.2, 0.25) is 0 Å². The Balaban J connectivity index is 1.29. The van der Waals surface area contributed by atoms with Crippen molar-refractivity contribution in [2.24, 2.45) is 0 Å². The van der Waals surface area contributed by atoms with Crippen LogP contribution in [0.2, 0.25) is 5.02 Å². The van der Waals surface area contributed by atoms with Gasteiger partial charge in [-0.3, -0.25) is 0 Å². The van der Waals surface area contributed by atoms with Crippen molar-refractivity contribution in [3.63, 3.8) is 0 Å². The molecule has 0 unspecified atom stereocenters. The fourth-order valence-electron chi connectivity index (χ4n) is 5.29. The van der Waals surface area contributed by atoms with Gasteiger partial charge >= 0.3 is 0 Å². The van der Waals surface area contributed by atoms with Crippen LogP contribution in [0.4, 0.5) is 0 Å². The highest BCUT2D eigenvalue weighted by molar-refractivity contribution is 7.26. The Labute approximate surface area is 237 Å². The Kier molecular flexibility index (Phi) is 5.27. The fourth-order valence-corrected chi connectivity index (χ4v) is 7.82. The first-order chi connectivity index (χ1) is 19.2. The summed E-state index contributed by atoms with van der Waals surface area (Å²) < 4.78 is 4.89. The van der Waals surface area contributed by atoms with Gasteiger partial charge in [0, 0.05) is 52.0 Å². The molecule has 0 N–H and O–H groups in total. The summed E-state index contributed by atoms with van der Waals surface area (Å²) in [6.07, 6.45) is 0. The van der Waals surface area contributed by atoms with Crippen molar-refractivity contribution in [1.29, 1.82) is 0 Å². The summed E-state index contributed by atoms with van der Waals surface area (Å²) in [5.74, 6) is 0.678. The minimum absolute atomic E-state index is 0.678. The van der Waals surface area contributed by atoms with E-state index in [0.29, 0.717) is 10.8 Å². The molecule has 5 heteroatoms. The van der Waals surface area contributed by atoms with E-state index >= 15 is 0 Å². The Morgan fingerprint density at radius 1 is 0.513 bits per heavy atom. The summed E-state index contributed by atoms with van der Waals surface area (Å²) in [6.45, 7) is 0. The van der Waals surface area contributed by atoms with Crippen molar-refractivity contribution >= 4 is 74.7 Å². The summed E-state index contributed by atoms with van der Waals surface area (Å²) in [7, 11) is 0. The molecule has 0 aliphatic carbocycles. The highest BCUT2D eigenvalue weighted by atomic mass is 35.5. The van der Waals surface area contributed by atoms with Gasteiger partial charge in [-0.15, -0.1) is 22.7 Å². The molecule has 0 atom stereocenters. The lowest BCUT2D eigenvalue weighted by Crippen LogP contribution is -1.94. The minimum Gasteiger partial charge on any atom is -0.226 e. The van der Waals surface area contributed by atoms with E-state index in [1.165, 1.54) is 24.9 Å². The van der Waals surface area contributed by atoms with Gasteiger partial charge in [-0.1, -0.05) is 96.5 Å². The van der Waals surface area contributed by atoms with Crippen LogP contribution < -0.4 is 0 Å². The fraction of sp³-hybridized carbons (Fsp3) is 0. The first kappa shape index (κ1) is 22.9. The number of hydrogen-bond acceptors (Lipinski definition) is 4. The van der Waals surface area contributed by atoms with Crippen LogP contribution in [-0.2, 0) is 0 Å². The van der Waals surface area contributed by atoms with E-state index in [0.717, 1.165) is 43.6 Å². The molecule has 2 nitrogen and oxygen atoms in total. The number of halogens is 1. The predicted molar refractivity (Wildman–Crippen MR) is 169 cm³/mol. The standard InChI is InChI=1S/C34H19ClN2S2/c35-27-19-22(14-16-23(27)21-15-17-30-26(18-21)24-10-4-6-12-28(24)38-30)34-36-31(20-8-2-1-3-9-20)33-32(37-34)25-11-5-7-13-29(25)39-33/h1-19H. The summed E-state index contributed by atoms with van der Waals surface area (Å²) in [6, 6.07) is 40.1. The number of aromatic nitrogens is 2. The Morgan fingerprint density at radius 3 is 2.03 bits per heavy atom. The zero-order chi connectivity index (χ0) is 25.9. The van der Waals surface area contributed by atoms with Crippen LogP contribution >= 0.6 is 34.3 Å². The van der Waals surface area contributed by atoms with Crippen LogP contribution in [0.5, 0.6) is 0 Å². The highest BCUT2D eigenvalue weighted by Crippen LogP contribution is 2.41. The normalized spacial score (nSPS) is 11.7. The summed E-state index contributed by atoms with van der Waals surface area (Å²) in [5, 5.41) is 4.38. The lowest BCUT2D eigenvalue weighted by atomic mass is 10.0. The van der Waals surface area contributed by atoms with Crippen molar-refractivity contribution in [3.8, 4) is 33.8 Å². The van der Waals surface area contributed by atoms with E-state index in [-0.39, 0.29) is 0 Å². The number of thiophene rings is 2. The molecule has 5 aromatic carbocycles. The third kappa shape index (κ3) is 3.75. The second-order valence-corrected chi connectivity index (χ2v) is 12.1. The molecule has 0 bridgehead atoms. The molecule has 39 heavy (non-hydrogen) atoms. The molecule has 0 aliphatic rings. The summed E-state index contributed by atoms with van der Waals surface area (Å²) in [5.41, 5.74) is 6.02. The number of fused-ring (bicyclic) bond motifs is 6. The van der Waals surface area contributed by atoms with Gasteiger partial charge in [0.1, 0.15) is 0 Å². The Hall–Kier alpha value is -4.09. The molecule has 0 amide bonds. The van der Waals surface area contributed by atoms with E-state index in [1.807, 2.05) is 23.5 Å². The number of rotatable bonds is 3. The summed E-state index contributed by atoms with van der Waals surface area (Å²) in [4.78, 5) is 10.2. The number of benzene rings is 5. The first-order valence-electron chi connectivity index (χ1n) is 12.7. The Bertz CT molecular complexity index is 2200. The number of nitrogens with zero attached hydrogens (tertiary/aromatic N) is 2. The quantitative estimate of drug-likeness (QED) is 0.217. The van der Waals surface area contributed by atoms with Gasteiger partial charge in [0.05, 0.1) is 15.9 Å². The lowest BCUT2D eigenvalue weighted by molar-refractivity contribution is 1.24. The summed E-state index contributed by atoms with van der Waals surface area (Å²) >= 11 is 10.5. The molecule has 3 aromatic heterocycles. The zero-order valence-corrected chi connectivity index (χ0v) is 22.9. The van der Waals surface area contributed by atoms with Crippen LogP contribution in [0, 0.1) is 0 Å². The molecule has 0 aliphatic heterocycles. The second-order valence-electron chi connectivity index (χ2n) is 9.54. The smallest absolute Gasteiger partial charge is 0.160 e. The van der Waals surface area contributed by atoms with Gasteiger partial charge in [-0.05, 0) is 35.9 Å². The molecule has 0 radical (unpaired) electrons. The molecule has 0 fully saturated rings. The number of hydrogen-bond donors (Lipinski definition) is 0. The van der Waals surface area contributed by atoms with Crippen LogP contribution in [0.25, 0.3) is 74.2 Å². The maximum absolute atomic E-state index is 6.96. The zero-order valence-electron chi connectivity index (χ0n) is 20.6. The average molecular weight is 555 g/mol. The maximum Gasteiger partial charge on any atom is 0.160 e. The van der Waals surface area contributed by atoms with Gasteiger partial charge < -0.3 is 0 Å². The average Bonchev–Trinajstić information content (AvgIpc) is 3.55. The second kappa shape index (κ2) is 8.99. The highest BCUT2D eigenvalue weighted by Gasteiger charge is 2.17. The third-order valence-electron chi connectivity index (χ3n) is 7.18. The minimum atomic E-state index is 0.678. The van der Waals surface area contributed by atoms with Gasteiger partial charge in [-0.25, -0.2) is 9.97 Å². The monoisotopic (exact) mass is 554 g/mol. The molecule has 184 valence electrons. The SMILES string of the molecule is Clc1cc(-c2nc(-c3ccccc3)c3sc4ccccc4c3n2)ccc1-c1ccc2sc3ccccc3c2c1. The first-order valence-corrected chi connectivity index (χ1v) is 14.7. The van der Waals surface area contributed by atoms with E-state index in [1.54, 1.807) is 11.3 Å². The van der Waals surface area contributed by atoms with Gasteiger partial charge in [-0.2, -0.15) is 0 Å². The van der Waals surface area contributed by atoms with Crippen LogP contribution in [0.1, 0.15) is 0 Å². The molecule has 8 aromatic rings. The predicted octanol–water partition coefficient (Wildman–Crippen LogP) is 10.9. The van der Waals surface area contributed by atoms with Crippen molar-refractivity contribution in [2.75, 3.05) is 0 Å². The van der Waals surface area contributed by atoms with E-state index in [4.69, 9.17) is 21.6 Å².